The van der Waals surface area contributed by atoms with Crippen molar-refractivity contribution < 1.29 is 24.1 Å². The van der Waals surface area contributed by atoms with E-state index in [0.717, 1.165) is 5.56 Å². The highest BCUT2D eigenvalue weighted by Gasteiger charge is 2.22. The first-order valence-electron chi connectivity index (χ1n) is 6.67. The second-order valence-electron chi connectivity index (χ2n) is 4.64. The third kappa shape index (κ3) is 2.48. The summed E-state index contributed by atoms with van der Waals surface area (Å²) in [5.74, 6) is 0.771. The molecular weight excluding hydrogens is 284 g/mol. The second kappa shape index (κ2) is 5.81. The van der Waals surface area contributed by atoms with Crippen LogP contribution in [0.15, 0.2) is 42.5 Å². The lowest BCUT2D eigenvalue weighted by molar-refractivity contribution is 0.104. The number of fused-ring (bicyclic) bond motifs is 1. The third-order valence-corrected chi connectivity index (χ3v) is 3.33. The van der Waals surface area contributed by atoms with Gasteiger partial charge in [-0.15, -0.1) is 0 Å². The number of phenols is 1. The lowest BCUT2D eigenvalue weighted by atomic mass is 10.1. The summed E-state index contributed by atoms with van der Waals surface area (Å²) < 4.78 is 15.5. The van der Waals surface area contributed by atoms with E-state index in [0.29, 0.717) is 11.5 Å². The van der Waals surface area contributed by atoms with Crippen molar-refractivity contribution in [3.05, 3.63) is 53.6 Å². The van der Waals surface area contributed by atoms with E-state index in [1.54, 1.807) is 19.3 Å². The van der Waals surface area contributed by atoms with Crippen LogP contribution < -0.4 is 14.2 Å². The van der Waals surface area contributed by atoms with Crippen molar-refractivity contribution in [2.75, 3.05) is 13.9 Å². The Kier molecular flexibility index (Phi) is 3.70. The van der Waals surface area contributed by atoms with Crippen molar-refractivity contribution in [1.29, 1.82) is 0 Å². The standard InChI is InChI=1S/C17H14O5/c1-20-14-5-3-2-4-11(14)6-8-13(18)12-7-9-15-17(16(12)19)22-10-21-15/h2-9,19H,10H2,1H3/b8-6+. The highest BCUT2D eigenvalue weighted by molar-refractivity contribution is 6.09. The average molecular weight is 298 g/mol. The Bertz CT molecular complexity index is 749. The Morgan fingerprint density at radius 2 is 2.05 bits per heavy atom. The number of hydrogen-bond donors (Lipinski definition) is 1. The fourth-order valence-corrected chi connectivity index (χ4v) is 2.22. The number of phenolic OH excluding ortho intramolecular Hbond substituents is 1. The van der Waals surface area contributed by atoms with Gasteiger partial charge < -0.3 is 19.3 Å². The molecule has 1 aliphatic heterocycles. The van der Waals surface area contributed by atoms with Crippen molar-refractivity contribution in [3.63, 3.8) is 0 Å². The van der Waals surface area contributed by atoms with Gasteiger partial charge >= 0.3 is 0 Å². The lowest BCUT2D eigenvalue weighted by Crippen LogP contribution is -1.96. The first-order chi connectivity index (χ1) is 10.7. The Morgan fingerprint density at radius 1 is 1.23 bits per heavy atom. The molecule has 0 saturated carbocycles. The van der Waals surface area contributed by atoms with Crippen LogP contribution >= 0.6 is 0 Å². The van der Waals surface area contributed by atoms with E-state index in [4.69, 9.17) is 14.2 Å². The zero-order chi connectivity index (χ0) is 15.5. The van der Waals surface area contributed by atoms with Gasteiger partial charge in [-0.05, 0) is 30.4 Å². The van der Waals surface area contributed by atoms with E-state index < -0.39 is 0 Å². The van der Waals surface area contributed by atoms with Crippen LogP contribution in [0.3, 0.4) is 0 Å². The van der Waals surface area contributed by atoms with Gasteiger partial charge in [-0.3, -0.25) is 4.79 Å². The van der Waals surface area contributed by atoms with Gasteiger partial charge in [0.1, 0.15) is 5.75 Å². The second-order valence-corrected chi connectivity index (χ2v) is 4.64. The number of aromatic hydroxyl groups is 1. The molecule has 0 spiro atoms. The predicted octanol–water partition coefficient (Wildman–Crippen LogP) is 3.03. The maximum atomic E-state index is 12.3. The molecule has 1 heterocycles. The van der Waals surface area contributed by atoms with E-state index in [-0.39, 0.29) is 29.6 Å². The van der Waals surface area contributed by atoms with Crippen LogP contribution in [0, 0.1) is 0 Å². The summed E-state index contributed by atoms with van der Waals surface area (Å²) in [7, 11) is 1.57. The minimum atomic E-state index is -0.332. The monoisotopic (exact) mass is 298 g/mol. The van der Waals surface area contributed by atoms with Gasteiger partial charge in [0.05, 0.1) is 12.7 Å². The smallest absolute Gasteiger partial charge is 0.231 e. The van der Waals surface area contributed by atoms with E-state index in [1.807, 2.05) is 24.3 Å². The molecule has 0 radical (unpaired) electrons. The summed E-state index contributed by atoms with van der Waals surface area (Å²) >= 11 is 0. The number of allylic oxidation sites excluding steroid dienone is 1. The van der Waals surface area contributed by atoms with Gasteiger partial charge in [-0.1, -0.05) is 18.2 Å². The number of carbonyl (C=O) groups is 1. The molecule has 0 aliphatic carbocycles. The highest BCUT2D eigenvalue weighted by Crippen LogP contribution is 2.42. The zero-order valence-electron chi connectivity index (χ0n) is 11.9. The molecule has 2 aromatic carbocycles. The predicted molar refractivity (Wildman–Crippen MR) is 80.6 cm³/mol. The number of carbonyl (C=O) groups excluding carboxylic acids is 1. The first-order valence-corrected chi connectivity index (χ1v) is 6.67. The summed E-state index contributed by atoms with van der Waals surface area (Å²) in [6.45, 7) is 0.0393. The SMILES string of the molecule is COc1ccccc1/C=C/C(=O)c1ccc2c(c1O)OCO2. The largest absolute Gasteiger partial charge is 0.504 e. The maximum Gasteiger partial charge on any atom is 0.231 e. The molecule has 1 aliphatic rings. The van der Waals surface area contributed by atoms with Gasteiger partial charge in [0.2, 0.25) is 12.5 Å². The van der Waals surface area contributed by atoms with Gasteiger partial charge in [-0.25, -0.2) is 0 Å². The highest BCUT2D eigenvalue weighted by atomic mass is 16.7. The van der Waals surface area contributed by atoms with E-state index in [2.05, 4.69) is 0 Å². The zero-order valence-corrected chi connectivity index (χ0v) is 11.9. The molecule has 5 heteroatoms. The van der Waals surface area contributed by atoms with Crippen LogP contribution in [0.1, 0.15) is 15.9 Å². The molecule has 0 bridgehead atoms. The van der Waals surface area contributed by atoms with Gasteiger partial charge in [0, 0.05) is 5.56 Å². The minimum absolute atomic E-state index is 0.0393. The third-order valence-electron chi connectivity index (χ3n) is 3.33. The molecule has 0 amide bonds. The fourth-order valence-electron chi connectivity index (χ4n) is 2.22. The van der Waals surface area contributed by atoms with Crippen LogP contribution in [0.2, 0.25) is 0 Å². The van der Waals surface area contributed by atoms with Crippen LogP contribution in [-0.2, 0) is 0 Å². The van der Waals surface area contributed by atoms with Crippen molar-refractivity contribution in [2.24, 2.45) is 0 Å². The molecule has 112 valence electrons. The van der Waals surface area contributed by atoms with Gasteiger partial charge in [0.15, 0.2) is 17.3 Å². The van der Waals surface area contributed by atoms with Crippen LogP contribution in [0.4, 0.5) is 0 Å². The molecule has 22 heavy (non-hydrogen) atoms. The molecule has 2 aromatic rings. The lowest BCUT2D eigenvalue weighted by Gasteiger charge is -2.05. The average Bonchev–Trinajstić information content (AvgIpc) is 3.02. The summed E-state index contributed by atoms with van der Waals surface area (Å²) in [6.07, 6.45) is 3.03. The van der Waals surface area contributed by atoms with Crippen LogP contribution in [0.5, 0.6) is 23.0 Å². The summed E-state index contributed by atoms with van der Waals surface area (Å²) in [5.41, 5.74) is 0.939. The molecule has 0 aromatic heterocycles. The molecule has 3 rings (SSSR count). The number of para-hydroxylation sites is 1. The van der Waals surface area contributed by atoms with E-state index in [1.165, 1.54) is 12.1 Å². The first kappa shape index (κ1) is 14.0. The molecule has 0 unspecified atom stereocenters. The normalized spacial score (nSPS) is 12.6. The van der Waals surface area contributed by atoms with Crippen molar-refractivity contribution in [3.8, 4) is 23.0 Å². The van der Waals surface area contributed by atoms with Gasteiger partial charge in [0.25, 0.3) is 0 Å². The van der Waals surface area contributed by atoms with Gasteiger partial charge in [-0.2, -0.15) is 0 Å². The topological polar surface area (TPSA) is 65.0 Å². The minimum Gasteiger partial charge on any atom is -0.504 e. The van der Waals surface area contributed by atoms with Crippen molar-refractivity contribution in [2.45, 2.75) is 0 Å². The number of methoxy groups -OCH3 is 1. The quantitative estimate of drug-likeness (QED) is 0.694. The summed E-state index contributed by atoms with van der Waals surface area (Å²) in [6, 6.07) is 10.5. The van der Waals surface area contributed by atoms with E-state index >= 15 is 0 Å². The number of benzene rings is 2. The molecule has 5 nitrogen and oxygen atoms in total. The molecular formula is C17H14O5. The number of rotatable bonds is 4. The van der Waals surface area contributed by atoms with Crippen molar-refractivity contribution >= 4 is 11.9 Å². The van der Waals surface area contributed by atoms with Crippen molar-refractivity contribution in [1.82, 2.24) is 0 Å². The summed E-state index contributed by atoms with van der Waals surface area (Å²) in [5, 5.41) is 10.1. The molecule has 1 N–H and O–H groups in total. The Balaban J connectivity index is 1.88. The fraction of sp³-hybridized carbons (Fsp3) is 0.118. The number of ether oxygens (including phenoxy) is 3. The maximum absolute atomic E-state index is 12.3. The van der Waals surface area contributed by atoms with Crippen LogP contribution in [-0.4, -0.2) is 24.8 Å². The molecule has 0 atom stereocenters. The Labute approximate surface area is 127 Å². The Morgan fingerprint density at radius 3 is 2.86 bits per heavy atom. The van der Waals surface area contributed by atoms with E-state index in [9.17, 15) is 9.90 Å². The summed E-state index contributed by atoms with van der Waals surface area (Å²) in [4.78, 5) is 12.3. The number of ketones is 1. The molecule has 0 saturated heterocycles. The molecule has 0 fully saturated rings. The number of hydrogen-bond acceptors (Lipinski definition) is 5. The Hall–Kier alpha value is -2.95. The van der Waals surface area contributed by atoms with Crippen LogP contribution in [0.25, 0.3) is 6.08 Å².